The van der Waals surface area contributed by atoms with Gasteiger partial charge in [0.2, 0.25) is 0 Å². The van der Waals surface area contributed by atoms with Gasteiger partial charge in [0.25, 0.3) is 11.6 Å². The molecule has 0 spiro atoms. The highest BCUT2D eigenvalue weighted by molar-refractivity contribution is 5.91. The average molecular weight is 315 g/mol. The molecule has 8 heteroatoms. The van der Waals surface area contributed by atoms with Crippen molar-refractivity contribution in [3.63, 3.8) is 0 Å². The minimum absolute atomic E-state index is 0.0487. The van der Waals surface area contributed by atoms with Gasteiger partial charge in [-0.1, -0.05) is 0 Å². The zero-order chi connectivity index (χ0) is 17.0. The molecule has 1 aromatic carbocycles. The standard InChI is InChI=1S/C15H13N3O5/c1-17(2)15(20)13-5-4-12(8-16-13)23-14-6-3-11(18(21)22)7-10(14)9-19/h3-9H,1-2H3. The first-order valence-corrected chi connectivity index (χ1v) is 6.51. The number of carbonyl (C=O) groups is 2. The highest BCUT2D eigenvalue weighted by atomic mass is 16.6. The van der Waals surface area contributed by atoms with Gasteiger partial charge in [-0.3, -0.25) is 19.7 Å². The van der Waals surface area contributed by atoms with Gasteiger partial charge in [0.15, 0.2) is 6.29 Å². The highest BCUT2D eigenvalue weighted by Crippen LogP contribution is 2.27. The maximum Gasteiger partial charge on any atom is 0.271 e. The SMILES string of the molecule is CN(C)C(=O)c1ccc(Oc2ccc([N+](=O)[O-])cc2C=O)cn1. The second kappa shape index (κ2) is 6.65. The lowest BCUT2D eigenvalue weighted by Gasteiger charge is -2.10. The zero-order valence-electron chi connectivity index (χ0n) is 12.4. The minimum Gasteiger partial charge on any atom is -0.455 e. The Morgan fingerprint density at radius 1 is 1.30 bits per heavy atom. The molecule has 0 aliphatic heterocycles. The molecule has 1 amide bonds. The van der Waals surface area contributed by atoms with E-state index in [-0.39, 0.29) is 28.6 Å². The van der Waals surface area contributed by atoms with Gasteiger partial charge in [-0.25, -0.2) is 4.98 Å². The van der Waals surface area contributed by atoms with Crippen molar-refractivity contribution >= 4 is 17.9 Å². The predicted molar refractivity (Wildman–Crippen MR) is 80.8 cm³/mol. The summed E-state index contributed by atoms with van der Waals surface area (Å²) < 4.78 is 5.49. The number of ether oxygens (including phenoxy) is 1. The lowest BCUT2D eigenvalue weighted by atomic mass is 10.2. The predicted octanol–water partition coefficient (Wildman–Crippen LogP) is 2.30. The summed E-state index contributed by atoms with van der Waals surface area (Å²) in [4.78, 5) is 38.2. The number of nitro groups is 1. The molecular weight excluding hydrogens is 302 g/mol. The van der Waals surface area contributed by atoms with E-state index < -0.39 is 4.92 Å². The van der Waals surface area contributed by atoms with E-state index in [1.807, 2.05) is 0 Å². The molecule has 2 aromatic rings. The lowest BCUT2D eigenvalue weighted by molar-refractivity contribution is -0.384. The fraction of sp³-hybridized carbons (Fsp3) is 0.133. The van der Waals surface area contributed by atoms with E-state index >= 15 is 0 Å². The molecule has 0 saturated carbocycles. The van der Waals surface area contributed by atoms with Crippen LogP contribution in [0, 0.1) is 10.1 Å². The first kappa shape index (κ1) is 16.1. The molecule has 2 rings (SSSR count). The highest BCUT2D eigenvalue weighted by Gasteiger charge is 2.13. The number of benzene rings is 1. The quantitative estimate of drug-likeness (QED) is 0.476. The smallest absolute Gasteiger partial charge is 0.271 e. The molecule has 1 heterocycles. The first-order chi connectivity index (χ1) is 10.9. The molecule has 0 bridgehead atoms. The van der Waals surface area contributed by atoms with Crippen molar-refractivity contribution in [2.75, 3.05) is 14.1 Å². The van der Waals surface area contributed by atoms with Crippen LogP contribution in [0.4, 0.5) is 5.69 Å². The van der Waals surface area contributed by atoms with Crippen LogP contribution < -0.4 is 4.74 Å². The van der Waals surface area contributed by atoms with E-state index in [1.165, 1.54) is 35.4 Å². The zero-order valence-corrected chi connectivity index (χ0v) is 12.4. The number of carbonyl (C=O) groups excluding carboxylic acids is 2. The molecular formula is C15H13N3O5. The molecule has 0 atom stereocenters. The van der Waals surface area contributed by atoms with Gasteiger partial charge >= 0.3 is 0 Å². The van der Waals surface area contributed by atoms with Crippen LogP contribution in [0.5, 0.6) is 11.5 Å². The Hall–Kier alpha value is -3.29. The summed E-state index contributed by atoms with van der Waals surface area (Å²) in [5, 5.41) is 10.7. The number of hydrogen-bond donors (Lipinski definition) is 0. The molecule has 8 nitrogen and oxygen atoms in total. The molecule has 0 saturated heterocycles. The summed E-state index contributed by atoms with van der Waals surface area (Å²) >= 11 is 0. The summed E-state index contributed by atoms with van der Waals surface area (Å²) in [5.74, 6) is 0.219. The molecule has 0 aliphatic carbocycles. The van der Waals surface area contributed by atoms with E-state index in [4.69, 9.17) is 4.74 Å². The Kier molecular flexibility index (Phi) is 4.65. The van der Waals surface area contributed by atoms with Crippen molar-refractivity contribution in [3.8, 4) is 11.5 Å². The minimum atomic E-state index is -0.597. The molecule has 0 aliphatic rings. The Morgan fingerprint density at radius 3 is 2.57 bits per heavy atom. The summed E-state index contributed by atoms with van der Waals surface area (Å²) in [6, 6.07) is 6.71. The lowest BCUT2D eigenvalue weighted by Crippen LogP contribution is -2.22. The second-order valence-corrected chi connectivity index (χ2v) is 4.78. The largest absolute Gasteiger partial charge is 0.455 e. The molecule has 0 fully saturated rings. The summed E-state index contributed by atoms with van der Waals surface area (Å²) in [6.07, 6.45) is 1.81. The summed E-state index contributed by atoms with van der Waals surface area (Å²) in [6.45, 7) is 0. The number of rotatable bonds is 5. The second-order valence-electron chi connectivity index (χ2n) is 4.78. The average Bonchev–Trinajstić information content (AvgIpc) is 2.55. The number of nitro benzene ring substituents is 1. The van der Waals surface area contributed by atoms with Crippen molar-refractivity contribution in [2.24, 2.45) is 0 Å². The molecule has 23 heavy (non-hydrogen) atoms. The maximum absolute atomic E-state index is 11.7. The first-order valence-electron chi connectivity index (χ1n) is 6.51. The van der Waals surface area contributed by atoms with Gasteiger partial charge in [-0.05, 0) is 18.2 Å². The van der Waals surface area contributed by atoms with Crippen LogP contribution in [-0.4, -0.2) is 41.1 Å². The van der Waals surface area contributed by atoms with Gasteiger partial charge in [0.1, 0.15) is 17.2 Å². The van der Waals surface area contributed by atoms with E-state index in [0.29, 0.717) is 12.0 Å². The molecule has 118 valence electrons. The Labute approximate surface area is 131 Å². The summed E-state index contributed by atoms with van der Waals surface area (Å²) in [7, 11) is 3.23. The number of aromatic nitrogens is 1. The van der Waals surface area contributed by atoms with Gasteiger partial charge in [-0.2, -0.15) is 0 Å². The molecule has 0 unspecified atom stereocenters. The van der Waals surface area contributed by atoms with Crippen molar-refractivity contribution < 1.29 is 19.2 Å². The van der Waals surface area contributed by atoms with E-state index in [2.05, 4.69) is 4.98 Å². The van der Waals surface area contributed by atoms with Crippen LogP contribution in [0.3, 0.4) is 0 Å². The van der Waals surface area contributed by atoms with Crippen LogP contribution in [0.25, 0.3) is 0 Å². The third-order valence-corrected chi connectivity index (χ3v) is 2.92. The normalized spacial score (nSPS) is 10.0. The Balaban J connectivity index is 2.24. The van der Waals surface area contributed by atoms with Crippen molar-refractivity contribution in [1.29, 1.82) is 0 Å². The van der Waals surface area contributed by atoms with Crippen LogP contribution in [0.2, 0.25) is 0 Å². The van der Waals surface area contributed by atoms with E-state index in [1.54, 1.807) is 14.1 Å². The number of amides is 1. The topological polar surface area (TPSA) is 103 Å². The van der Waals surface area contributed by atoms with Gasteiger partial charge in [0.05, 0.1) is 16.7 Å². The van der Waals surface area contributed by atoms with Gasteiger partial charge < -0.3 is 9.64 Å². The number of pyridine rings is 1. The molecule has 1 aromatic heterocycles. The third-order valence-electron chi connectivity index (χ3n) is 2.92. The van der Waals surface area contributed by atoms with Crippen LogP contribution >= 0.6 is 0 Å². The van der Waals surface area contributed by atoms with Crippen LogP contribution in [0.1, 0.15) is 20.8 Å². The van der Waals surface area contributed by atoms with E-state index in [9.17, 15) is 19.7 Å². The Morgan fingerprint density at radius 2 is 2.04 bits per heavy atom. The summed E-state index contributed by atoms with van der Waals surface area (Å²) in [5.41, 5.74) is 0.0961. The maximum atomic E-state index is 11.7. The fourth-order valence-electron chi connectivity index (χ4n) is 1.76. The number of nitrogens with zero attached hydrogens (tertiary/aromatic N) is 3. The number of hydrogen-bond acceptors (Lipinski definition) is 6. The third kappa shape index (κ3) is 3.67. The molecule has 0 N–H and O–H groups in total. The fourth-order valence-corrected chi connectivity index (χ4v) is 1.76. The van der Waals surface area contributed by atoms with Gasteiger partial charge in [0, 0.05) is 26.2 Å². The molecule has 0 radical (unpaired) electrons. The van der Waals surface area contributed by atoms with Crippen molar-refractivity contribution in [3.05, 3.63) is 57.9 Å². The van der Waals surface area contributed by atoms with Crippen molar-refractivity contribution in [2.45, 2.75) is 0 Å². The van der Waals surface area contributed by atoms with Crippen LogP contribution in [-0.2, 0) is 0 Å². The van der Waals surface area contributed by atoms with Crippen molar-refractivity contribution in [1.82, 2.24) is 9.88 Å². The monoisotopic (exact) mass is 315 g/mol. The van der Waals surface area contributed by atoms with Gasteiger partial charge in [-0.15, -0.1) is 0 Å². The van der Waals surface area contributed by atoms with Crippen LogP contribution in [0.15, 0.2) is 36.5 Å². The van der Waals surface area contributed by atoms with E-state index in [0.717, 1.165) is 6.07 Å². The Bertz CT molecular complexity index is 756. The number of aldehydes is 1. The number of non-ortho nitro benzene ring substituents is 1.